The van der Waals surface area contributed by atoms with E-state index in [4.69, 9.17) is 9.47 Å². The Kier molecular flexibility index (Phi) is 9.34. The second kappa shape index (κ2) is 12.9. The molecule has 0 radical (unpaired) electrons. The Balaban J connectivity index is 1.43. The van der Waals surface area contributed by atoms with Crippen LogP contribution in [-0.4, -0.2) is 53.5 Å². The number of hydrogen-bond donors (Lipinski definition) is 1. The van der Waals surface area contributed by atoms with Gasteiger partial charge in [0.15, 0.2) is 0 Å². The molecule has 2 aliphatic rings. The van der Waals surface area contributed by atoms with Crippen LogP contribution in [0.4, 0.5) is 0 Å². The highest BCUT2D eigenvalue weighted by atomic mass is 16.5. The molecule has 198 valence electrons. The summed E-state index contributed by atoms with van der Waals surface area (Å²) in [4.78, 5) is 41.4. The van der Waals surface area contributed by atoms with E-state index in [1.54, 1.807) is 18.7 Å². The SMILES string of the molecule is CCOC(=O)[C@H](CCc1ccccc1)N[C@@H](C)C(=O)N1[C@H](C(=O)OCc2ccccc2)C[C@@H]2CCC[C@@H]21. The van der Waals surface area contributed by atoms with Crippen molar-refractivity contribution in [1.29, 1.82) is 0 Å². The molecule has 2 aromatic carbocycles. The lowest BCUT2D eigenvalue weighted by Crippen LogP contribution is -2.55. The van der Waals surface area contributed by atoms with Crippen molar-refractivity contribution in [2.24, 2.45) is 5.92 Å². The van der Waals surface area contributed by atoms with Gasteiger partial charge in [-0.05, 0) is 63.0 Å². The third kappa shape index (κ3) is 6.77. The molecule has 4 rings (SSSR count). The van der Waals surface area contributed by atoms with Crippen LogP contribution in [0.2, 0.25) is 0 Å². The standard InChI is InChI=1S/C30H38N2O5/c1-3-36-29(34)25(18-17-22-11-6-4-7-12-22)31-21(2)28(33)32-26-16-10-15-24(26)19-27(32)30(35)37-20-23-13-8-5-9-14-23/h4-9,11-14,21,24-27,31H,3,10,15-20H2,1-2H3/t21-,24-,25-,26-,27-/m0/s1. The molecule has 1 heterocycles. The second-order valence-corrected chi connectivity index (χ2v) is 10.1. The average Bonchev–Trinajstić information content (AvgIpc) is 3.52. The number of nitrogens with one attached hydrogen (secondary N) is 1. The molecule has 37 heavy (non-hydrogen) atoms. The van der Waals surface area contributed by atoms with Crippen molar-refractivity contribution in [2.75, 3.05) is 6.61 Å². The smallest absolute Gasteiger partial charge is 0.329 e. The predicted molar refractivity (Wildman–Crippen MR) is 140 cm³/mol. The number of rotatable bonds is 11. The van der Waals surface area contributed by atoms with E-state index >= 15 is 0 Å². The molecule has 1 N–H and O–H groups in total. The van der Waals surface area contributed by atoms with E-state index < -0.39 is 18.1 Å². The van der Waals surface area contributed by atoms with Crippen LogP contribution in [0, 0.1) is 5.92 Å². The first kappa shape index (κ1) is 26.9. The van der Waals surface area contributed by atoms with E-state index in [0.717, 1.165) is 30.4 Å². The zero-order valence-electron chi connectivity index (χ0n) is 21.8. The number of esters is 2. The van der Waals surface area contributed by atoms with Crippen molar-refractivity contribution in [3.8, 4) is 0 Å². The van der Waals surface area contributed by atoms with Crippen LogP contribution >= 0.6 is 0 Å². The summed E-state index contributed by atoms with van der Waals surface area (Å²) in [7, 11) is 0. The van der Waals surface area contributed by atoms with E-state index in [-0.39, 0.29) is 37.1 Å². The summed E-state index contributed by atoms with van der Waals surface area (Å²) in [6, 6.07) is 17.7. The number of carbonyl (C=O) groups excluding carboxylic acids is 3. The third-order valence-electron chi connectivity index (χ3n) is 7.55. The van der Waals surface area contributed by atoms with Crippen LogP contribution in [0.25, 0.3) is 0 Å². The number of ether oxygens (including phenoxy) is 2. The van der Waals surface area contributed by atoms with Crippen molar-refractivity contribution < 1.29 is 23.9 Å². The molecule has 7 nitrogen and oxygen atoms in total. The maximum atomic E-state index is 13.8. The Bertz CT molecular complexity index is 1040. The number of hydrogen-bond acceptors (Lipinski definition) is 6. The number of likely N-dealkylation sites (tertiary alicyclic amines) is 1. The zero-order valence-corrected chi connectivity index (χ0v) is 21.8. The molecule has 1 aliphatic carbocycles. The minimum atomic E-state index is -0.644. The number of carbonyl (C=O) groups is 3. The van der Waals surface area contributed by atoms with E-state index in [2.05, 4.69) is 5.32 Å². The van der Waals surface area contributed by atoms with Gasteiger partial charge in [0.1, 0.15) is 18.7 Å². The minimum absolute atomic E-state index is 0.0383. The Hall–Kier alpha value is -3.19. The summed E-state index contributed by atoms with van der Waals surface area (Å²) in [5.74, 6) is -0.573. The van der Waals surface area contributed by atoms with Crippen molar-refractivity contribution in [2.45, 2.75) is 83.1 Å². The molecule has 7 heteroatoms. The Morgan fingerprint density at radius 1 is 0.973 bits per heavy atom. The molecule has 0 aromatic heterocycles. The fourth-order valence-electron chi connectivity index (χ4n) is 5.71. The highest BCUT2D eigenvalue weighted by molar-refractivity contribution is 5.89. The summed E-state index contributed by atoms with van der Waals surface area (Å²) in [6.45, 7) is 4.00. The number of benzene rings is 2. The molecule has 5 atom stereocenters. The summed E-state index contributed by atoms with van der Waals surface area (Å²) in [5, 5.41) is 3.23. The molecular weight excluding hydrogens is 468 g/mol. The van der Waals surface area contributed by atoms with Gasteiger partial charge in [0, 0.05) is 6.04 Å². The first-order chi connectivity index (χ1) is 18.0. The van der Waals surface area contributed by atoms with Gasteiger partial charge in [0.25, 0.3) is 0 Å². The third-order valence-corrected chi connectivity index (χ3v) is 7.55. The molecular formula is C30H38N2O5. The van der Waals surface area contributed by atoms with Crippen LogP contribution < -0.4 is 5.32 Å². The van der Waals surface area contributed by atoms with Crippen LogP contribution in [0.3, 0.4) is 0 Å². The van der Waals surface area contributed by atoms with E-state index in [1.165, 1.54) is 0 Å². The predicted octanol–water partition coefficient (Wildman–Crippen LogP) is 4.04. The second-order valence-electron chi connectivity index (χ2n) is 10.1. The van der Waals surface area contributed by atoms with Gasteiger partial charge in [-0.2, -0.15) is 0 Å². The van der Waals surface area contributed by atoms with Gasteiger partial charge < -0.3 is 14.4 Å². The molecule has 1 saturated heterocycles. The molecule has 2 aromatic rings. The minimum Gasteiger partial charge on any atom is -0.465 e. The van der Waals surface area contributed by atoms with Crippen LogP contribution in [-0.2, 0) is 36.9 Å². The van der Waals surface area contributed by atoms with Gasteiger partial charge in [-0.25, -0.2) is 4.79 Å². The molecule has 0 unspecified atom stereocenters. The first-order valence-electron chi connectivity index (χ1n) is 13.5. The highest BCUT2D eigenvalue weighted by Crippen LogP contribution is 2.42. The molecule has 0 bridgehead atoms. The van der Waals surface area contributed by atoms with Gasteiger partial charge in [0.05, 0.1) is 12.6 Å². The summed E-state index contributed by atoms with van der Waals surface area (Å²) >= 11 is 0. The largest absolute Gasteiger partial charge is 0.465 e. The molecule has 1 amide bonds. The zero-order chi connectivity index (χ0) is 26.2. The molecule has 2 fully saturated rings. The van der Waals surface area contributed by atoms with Gasteiger partial charge in [-0.3, -0.25) is 14.9 Å². The maximum Gasteiger partial charge on any atom is 0.329 e. The quantitative estimate of drug-likeness (QED) is 0.463. The monoisotopic (exact) mass is 506 g/mol. The Labute approximate surface area is 219 Å². The van der Waals surface area contributed by atoms with E-state index in [9.17, 15) is 14.4 Å². The first-order valence-corrected chi connectivity index (χ1v) is 13.5. The Morgan fingerprint density at radius 3 is 2.32 bits per heavy atom. The van der Waals surface area contributed by atoms with Crippen molar-refractivity contribution in [3.63, 3.8) is 0 Å². The number of aryl methyl sites for hydroxylation is 1. The van der Waals surface area contributed by atoms with E-state index in [0.29, 0.717) is 25.2 Å². The Morgan fingerprint density at radius 2 is 1.65 bits per heavy atom. The van der Waals surface area contributed by atoms with Crippen LogP contribution in [0.15, 0.2) is 60.7 Å². The van der Waals surface area contributed by atoms with Crippen molar-refractivity contribution >= 4 is 17.8 Å². The van der Waals surface area contributed by atoms with Gasteiger partial charge in [-0.1, -0.05) is 67.1 Å². The van der Waals surface area contributed by atoms with Crippen LogP contribution in [0.1, 0.15) is 57.1 Å². The van der Waals surface area contributed by atoms with Gasteiger partial charge >= 0.3 is 11.9 Å². The molecule has 1 aliphatic heterocycles. The number of fused-ring (bicyclic) bond motifs is 1. The normalized spacial score (nSPS) is 22.2. The summed E-state index contributed by atoms with van der Waals surface area (Å²) in [5.41, 5.74) is 2.03. The number of nitrogens with zero attached hydrogens (tertiary/aromatic N) is 1. The van der Waals surface area contributed by atoms with Gasteiger partial charge in [0.2, 0.25) is 5.91 Å². The lowest BCUT2D eigenvalue weighted by molar-refractivity contribution is -0.156. The highest BCUT2D eigenvalue weighted by Gasteiger charge is 2.50. The van der Waals surface area contributed by atoms with E-state index in [1.807, 2.05) is 60.7 Å². The molecule has 0 spiro atoms. The fraction of sp³-hybridized carbons (Fsp3) is 0.500. The fourth-order valence-corrected chi connectivity index (χ4v) is 5.71. The summed E-state index contributed by atoms with van der Waals surface area (Å²) < 4.78 is 10.9. The topological polar surface area (TPSA) is 84.9 Å². The summed E-state index contributed by atoms with van der Waals surface area (Å²) in [6.07, 6.45) is 4.78. The van der Waals surface area contributed by atoms with Crippen molar-refractivity contribution in [1.82, 2.24) is 10.2 Å². The number of amides is 1. The average molecular weight is 507 g/mol. The molecule has 1 saturated carbocycles. The van der Waals surface area contributed by atoms with Crippen LogP contribution in [0.5, 0.6) is 0 Å². The van der Waals surface area contributed by atoms with Gasteiger partial charge in [-0.15, -0.1) is 0 Å². The maximum absolute atomic E-state index is 13.8. The van der Waals surface area contributed by atoms with Crippen molar-refractivity contribution in [3.05, 3.63) is 71.8 Å². The lowest BCUT2D eigenvalue weighted by Gasteiger charge is -2.32. The lowest BCUT2D eigenvalue weighted by atomic mass is 10.0.